The number of amides is 2. The minimum absolute atomic E-state index is 0.386. The maximum atomic E-state index is 13.3. The molecular weight excluding hydrogens is 342 g/mol. The molecule has 2 aromatic rings. The third-order valence-corrected chi connectivity index (χ3v) is 3.94. The average Bonchev–Trinajstić information content (AvgIpc) is 2.63. The van der Waals surface area contributed by atoms with Crippen molar-refractivity contribution in [3.8, 4) is 11.5 Å². The summed E-state index contributed by atoms with van der Waals surface area (Å²) in [5, 5.41) is 5.42. The standard InChI is InChI=1S/C19H22F2N2O3/c1-12(14-5-6-15(20)16(21)11-14)23-19(24)22-9-8-13-4-7-17(25-2)18(10-13)26-3/h4-7,10-12H,8-9H2,1-3H3,(H2,22,23,24). The van der Waals surface area contributed by atoms with Crippen LogP contribution in [-0.2, 0) is 6.42 Å². The van der Waals surface area contributed by atoms with E-state index in [-0.39, 0.29) is 6.03 Å². The van der Waals surface area contributed by atoms with Gasteiger partial charge in [-0.1, -0.05) is 12.1 Å². The normalized spacial score (nSPS) is 11.6. The predicted molar refractivity (Wildman–Crippen MR) is 94.6 cm³/mol. The zero-order chi connectivity index (χ0) is 19.1. The van der Waals surface area contributed by atoms with Gasteiger partial charge in [0, 0.05) is 6.54 Å². The van der Waals surface area contributed by atoms with E-state index in [1.165, 1.54) is 6.07 Å². The summed E-state index contributed by atoms with van der Waals surface area (Å²) in [7, 11) is 3.13. The highest BCUT2D eigenvalue weighted by molar-refractivity contribution is 5.74. The number of halogens is 2. The Labute approximate surface area is 151 Å². The first-order valence-electron chi connectivity index (χ1n) is 8.14. The van der Waals surface area contributed by atoms with Crippen LogP contribution in [0, 0.1) is 11.6 Å². The van der Waals surface area contributed by atoms with E-state index in [9.17, 15) is 13.6 Å². The molecule has 0 radical (unpaired) electrons. The molecule has 2 N–H and O–H groups in total. The molecule has 0 aromatic heterocycles. The molecule has 0 saturated heterocycles. The van der Waals surface area contributed by atoms with Crippen molar-refractivity contribution in [1.29, 1.82) is 0 Å². The van der Waals surface area contributed by atoms with Gasteiger partial charge in [0.05, 0.1) is 20.3 Å². The fraction of sp³-hybridized carbons (Fsp3) is 0.316. The van der Waals surface area contributed by atoms with Crippen molar-refractivity contribution in [3.05, 3.63) is 59.2 Å². The van der Waals surface area contributed by atoms with Gasteiger partial charge in [-0.15, -0.1) is 0 Å². The van der Waals surface area contributed by atoms with E-state index in [0.29, 0.717) is 30.0 Å². The smallest absolute Gasteiger partial charge is 0.315 e. The van der Waals surface area contributed by atoms with Gasteiger partial charge in [-0.2, -0.15) is 0 Å². The number of carbonyl (C=O) groups excluding carboxylic acids is 1. The highest BCUT2D eigenvalue weighted by Crippen LogP contribution is 2.27. The van der Waals surface area contributed by atoms with Crippen LogP contribution in [0.15, 0.2) is 36.4 Å². The number of ether oxygens (including phenoxy) is 2. The van der Waals surface area contributed by atoms with Gasteiger partial charge in [0.1, 0.15) is 0 Å². The Morgan fingerprint density at radius 3 is 2.42 bits per heavy atom. The Kier molecular flexibility index (Phi) is 6.77. The summed E-state index contributed by atoms with van der Waals surface area (Å²) in [6.45, 7) is 2.10. The molecule has 0 heterocycles. The monoisotopic (exact) mass is 364 g/mol. The van der Waals surface area contributed by atoms with Crippen LogP contribution in [-0.4, -0.2) is 26.8 Å². The second kappa shape index (κ2) is 9.03. The lowest BCUT2D eigenvalue weighted by Crippen LogP contribution is -2.38. The Balaban J connectivity index is 1.84. The van der Waals surface area contributed by atoms with Gasteiger partial charge in [0.15, 0.2) is 23.1 Å². The first kappa shape index (κ1) is 19.5. The Morgan fingerprint density at radius 2 is 1.77 bits per heavy atom. The molecule has 0 spiro atoms. The van der Waals surface area contributed by atoms with Crippen molar-refractivity contribution >= 4 is 6.03 Å². The van der Waals surface area contributed by atoms with Crippen LogP contribution >= 0.6 is 0 Å². The number of nitrogens with one attached hydrogen (secondary N) is 2. The second-order valence-electron chi connectivity index (χ2n) is 5.73. The minimum atomic E-state index is -0.940. The van der Waals surface area contributed by atoms with Crippen LogP contribution in [0.1, 0.15) is 24.1 Å². The molecule has 1 atom stereocenters. The number of rotatable bonds is 7. The van der Waals surface area contributed by atoms with E-state index in [4.69, 9.17) is 9.47 Å². The molecule has 0 saturated carbocycles. The summed E-state index contributed by atoms with van der Waals surface area (Å²) in [6, 6.07) is 8.26. The number of methoxy groups -OCH3 is 2. The van der Waals surface area contributed by atoms with E-state index in [1.807, 2.05) is 12.1 Å². The van der Waals surface area contributed by atoms with Crippen LogP contribution in [0.4, 0.5) is 13.6 Å². The number of benzene rings is 2. The summed E-state index contributed by atoms with van der Waals surface area (Å²) in [5.74, 6) is -0.589. The molecule has 0 aliphatic rings. The lowest BCUT2D eigenvalue weighted by molar-refractivity contribution is 0.238. The SMILES string of the molecule is COc1ccc(CCNC(=O)NC(C)c2ccc(F)c(F)c2)cc1OC. The fourth-order valence-corrected chi connectivity index (χ4v) is 2.47. The van der Waals surface area contributed by atoms with Gasteiger partial charge in [0.25, 0.3) is 0 Å². The van der Waals surface area contributed by atoms with Gasteiger partial charge >= 0.3 is 6.03 Å². The summed E-state index contributed by atoms with van der Waals surface area (Å²) >= 11 is 0. The summed E-state index contributed by atoms with van der Waals surface area (Å²) in [5.41, 5.74) is 1.47. The van der Waals surface area contributed by atoms with Crippen molar-refractivity contribution in [1.82, 2.24) is 10.6 Å². The zero-order valence-corrected chi connectivity index (χ0v) is 14.9. The third kappa shape index (κ3) is 5.08. The molecule has 0 aliphatic carbocycles. The highest BCUT2D eigenvalue weighted by Gasteiger charge is 2.12. The van der Waals surface area contributed by atoms with E-state index in [2.05, 4.69) is 10.6 Å². The van der Waals surface area contributed by atoms with Crippen LogP contribution in [0.3, 0.4) is 0 Å². The predicted octanol–water partition coefficient (Wildman–Crippen LogP) is 3.58. The van der Waals surface area contributed by atoms with Crippen LogP contribution < -0.4 is 20.1 Å². The largest absolute Gasteiger partial charge is 0.493 e. The molecule has 0 bridgehead atoms. The number of hydrogen-bond donors (Lipinski definition) is 2. The number of carbonyl (C=O) groups is 1. The summed E-state index contributed by atoms with van der Waals surface area (Å²) in [6.07, 6.45) is 0.604. The fourth-order valence-electron chi connectivity index (χ4n) is 2.47. The highest BCUT2D eigenvalue weighted by atomic mass is 19.2. The molecule has 7 heteroatoms. The lowest BCUT2D eigenvalue weighted by Gasteiger charge is -2.15. The van der Waals surface area contributed by atoms with E-state index < -0.39 is 17.7 Å². The van der Waals surface area contributed by atoms with Gasteiger partial charge in [-0.3, -0.25) is 0 Å². The van der Waals surface area contributed by atoms with Gasteiger partial charge in [0.2, 0.25) is 0 Å². The molecule has 0 fully saturated rings. The Hall–Kier alpha value is -2.83. The van der Waals surface area contributed by atoms with Crippen molar-refractivity contribution in [3.63, 3.8) is 0 Å². The average molecular weight is 364 g/mol. The molecular formula is C19H22F2N2O3. The molecule has 5 nitrogen and oxygen atoms in total. The van der Waals surface area contributed by atoms with Crippen molar-refractivity contribution < 1.29 is 23.0 Å². The quantitative estimate of drug-likeness (QED) is 0.789. The lowest BCUT2D eigenvalue weighted by atomic mass is 10.1. The Bertz CT molecular complexity index is 768. The summed E-state index contributed by atoms with van der Waals surface area (Å²) in [4.78, 5) is 12.0. The van der Waals surface area contributed by atoms with E-state index >= 15 is 0 Å². The molecule has 140 valence electrons. The topological polar surface area (TPSA) is 59.6 Å². The summed E-state index contributed by atoms with van der Waals surface area (Å²) < 4.78 is 36.6. The first-order valence-corrected chi connectivity index (χ1v) is 8.14. The molecule has 2 aromatic carbocycles. The number of urea groups is 1. The van der Waals surface area contributed by atoms with Crippen LogP contribution in [0.2, 0.25) is 0 Å². The van der Waals surface area contributed by atoms with Gasteiger partial charge < -0.3 is 20.1 Å². The van der Waals surface area contributed by atoms with Crippen molar-refractivity contribution in [2.75, 3.05) is 20.8 Å². The first-order chi connectivity index (χ1) is 12.4. The van der Waals surface area contributed by atoms with Crippen LogP contribution in [0.25, 0.3) is 0 Å². The minimum Gasteiger partial charge on any atom is -0.493 e. The van der Waals surface area contributed by atoms with Crippen LogP contribution in [0.5, 0.6) is 11.5 Å². The molecule has 1 unspecified atom stereocenters. The molecule has 2 amide bonds. The van der Waals surface area contributed by atoms with E-state index in [1.54, 1.807) is 27.2 Å². The Morgan fingerprint density at radius 1 is 1.04 bits per heavy atom. The molecule has 26 heavy (non-hydrogen) atoms. The van der Waals surface area contributed by atoms with E-state index in [0.717, 1.165) is 17.7 Å². The third-order valence-electron chi connectivity index (χ3n) is 3.94. The molecule has 2 rings (SSSR count). The maximum absolute atomic E-state index is 13.3. The van der Waals surface area contributed by atoms with Crippen molar-refractivity contribution in [2.24, 2.45) is 0 Å². The van der Waals surface area contributed by atoms with Crippen molar-refractivity contribution in [2.45, 2.75) is 19.4 Å². The van der Waals surface area contributed by atoms with Gasteiger partial charge in [-0.05, 0) is 48.7 Å². The second-order valence-corrected chi connectivity index (χ2v) is 5.73. The van der Waals surface area contributed by atoms with Gasteiger partial charge in [-0.25, -0.2) is 13.6 Å². The number of hydrogen-bond acceptors (Lipinski definition) is 3. The molecule has 0 aliphatic heterocycles. The maximum Gasteiger partial charge on any atom is 0.315 e. The zero-order valence-electron chi connectivity index (χ0n) is 14.9.